The summed E-state index contributed by atoms with van der Waals surface area (Å²) in [6.07, 6.45) is 3.11. The Morgan fingerprint density at radius 2 is 1.65 bits per heavy atom. The van der Waals surface area contributed by atoms with Gasteiger partial charge in [-0.1, -0.05) is 0 Å². The number of hydrogen-bond acceptors (Lipinski definition) is 6. The van der Waals surface area contributed by atoms with Crippen molar-refractivity contribution in [3.05, 3.63) is 48.7 Å². The highest BCUT2D eigenvalue weighted by atomic mass is 19.1. The second-order valence-electron chi connectivity index (χ2n) is 5.71. The lowest BCUT2D eigenvalue weighted by molar-refractivity contribution is 0.356. The summed E-state index contributed by atoms with van der Waals surface area (Å²) in [5.41, 5.74) is 8.15. The van der Waals surface area contributed by atoms with Crippen molar-refractivity contribution in [3.8, 4) is 22.8 Å². The molecule has 7 heteroatoms. The summed E-state index contributed by atoms with van der Waals surface area (Å²) in [6, 6.07) is 8.45. The minimum absolute atomic E-state index is 0.339. The van der Waals surface area contributed by atoms with Crippen LogP contribution in [0.15, 0.2) is 42.7 Å². The first kappa shape index (κ1) is 16.0. The lowest BCUT2D eigenvalue weighted by atomic mass is 10.0. The van der Waals surface area contributed by atoms with Gasteiger partial charge in [0.05, 0.1) is 25.4 Å². The molecule has 0 bridgehead atoms. The molecule has 0 fully saturated rings. The van der Waals surface area contributed by atoms with Crippen molar-refractivity contribution in [1.82, 2.24) is 15.0 Å². The van der Waals surface area contributed by atoms with Gasteiger partial charge in [-0.3, -0.25) is 4.98 Å². The van der Waals surface area contributed by atoms with Crippen LogP contribution in [0.1, 0.15) is 0 Å². The number of pyridine rings is 3. The van der Waals surface area contributed by atoms with Gasteiger partial charge < -0.3 is 15.2 Å². The smallest absolute Gasteiger partial charge is 0.212 e. The molecule has 0 spiro atoms. The van der Waals surface area contributed by atoms with Crippen molar-refractivity contribution in [3.63, 3.8) is 0 Å². The average molecular weight is 350 g/mol. The van der Waals surface area contributed by atoms with Crippen molar-refractivity contribution in [2.24, 2.45) is 0 Å². The highest BCUT2D eigenvalue weighted by Crippen LogP contribution is 2.36. The Labute approximate surface area is 148 Å². The number of rotatable bonds is 3. The van der Waals surface area contributed by atoms with Gasteiger partial charge in [-0.25, -0.2) is 9.97 Å². The van der Waals surface area contributed by atoms with E-state index in [9.17, 15) is 4.39 Å². The molecule has 0 saturated carbocycles. The van der Waals surface area contributed by atoms with Crippen LogP contribution in [-0.2, 0) is 0 Å². The SMILES string of the molecule is COc1cc2ncc3c(N)nc(-c4ccc(F)nc4)cc3c2cc1OC. The van der Waals surface area contributed by atoms with Crippen LogP contribution in [-0.4, -0.2) is 29.2 Å². The topological polar surface area (TPSA) is 83.2 Å². The fourth-order valence-corrected chi connectivity index (χ4v) is 2.93. The standard InChI is InChI=1S/C19H15FN4O2/c1-25-16-6-12-11-5-14(10-3-4-18(20)23-8-10)24-19(21)13(11)9-22-15(12)7-17(16)26-2/h3-9H,1-2H3,(H2,21,24). The lowest BCUT2D eigenvalue weighted by Crippen LogP contribution is -1.97. The third kappa shape index (κ3) is 2.54. The Balaban J connectivity index is 2.03. The van der Waals surface area contributed by atoms with Crippen molar-refractivity contribution in [2.45, 2.75) is 0 Å². The van der Waals surface area contributed by atoms with Gasteiger partial charge in [-0.05, 0) is 29.7 Å². The number of nitrogens with zero attached hydrogens (tertiary/aromatic N) is 3. The summed E-state index contributed by atoms with van der Waals surface area (Å²) in [5, 5.41) is 2.44. The molecule has 1 aromatic carbocycles. The van der Waals surface area contributed by atoms with Crippen molar-refractivity contribution >= 4 is 27.5 Å². The summed E-state index contributed by atoms with van der Waals surface area (Å²) >= 11 is 0. The Morgan fingerprint density at radius 1 is 0.885 bits per heavy atom. The monoisotopic (exact) mass is 350 g/mol. The maximum absolute atomic E-state index is 13.1. The van der Waals surface area contributed by atoms with Gasteiger partial charge in [0.25, 0.3) is 0 Å². The highest BCUT2D eigenvalue weighted by molar-refractivity contribution is 6.10. The molecule has 4 aromatic rings. The molecule has 4 rings (SSSR count). The number of nitrogen functional groups attached to an aromatic ring is 1. The van der Waals surface area contributed by atoms with Gasteiger partial charge in [0.1, 0.15) is 5.82 Å². The van der Waals surface area contributed by atoms with E-state index in [4.69, 9.17) is 15.2 Å². The van der Waals surface area contributed by atoms with E-state index >= 15 is 0 Å². The number of hydrogen-bond donors (Lipinski definition) is 1. The molecule has 0 aliphatic rings. The first-order valence-electron chi connectivity index (χ1n) is 7.83. The molecule has 3 aromatic heterocycles. The van der Waals surface area contributed by atoms with Crippen LogP contribution in [0.3, 0.4) is 0 Å². The van der Waals surface area contributed by atoms with Crippen LogP contribution in [0, 0.1) is 5.95 Å². The number of ether oxygens (including phenoxy) is 2. The summed E-state index contributed by atoms with van der Waals surface area (Å²) in [5.74, 6) is 0.978. The van der Waals surface area contributed by atoms with Crippen molar-refractivity contribution in [1.29, 1.82) is 0 Å². The largest absolute Gasteiger partial charge is 0.493 e. The van der Waals surface area contributed by atoms with Crippen LogP contribution >= 0.6 is 0 Å². The first-order valence-corrected chi connectivity index (χ1v) is 7.83. The number of fused-ring (bicyclic) bond motifs is 3. The Morgan fingerprint density at radius 3 is 2.35 bits per heavy atom. The molecule has 0 aliphatic carbocycles. The Bertz CT molecular complexity index is 1130. The number of methoxy groups -OCH3 is 2. The molecule has 6 nitrogen and oxygen atoms in total. The number of benzene rings is 1. The quantitative estimate of drug-likeness (QED) is 0.449. The average Bonchev–Trinajstić information content (AvgIpc) is 2.67. The van der Waals surface area contributed by atoms with E-state index < -0.39 is 5.95 Å². The zero-order valence-corrected chi connectivity index (χ0v) is 14.2. The van der Waals surface area contributed by atoms with Gasteiger partial charge in [-0.2, -0.15) is 4.39 Å². The molecule has 0 atom stereocenters. The predicted molar refractivity (Wildman–Crippen MR) is 97.7 cm³/mol. The molecule has 0 unspecified atom stereocenters. The van der Waals surface area contributed by atoms with E-state index in [1.54, 1.807) is 26.5 Å². The van der Waals surface area contributed by atoms with Crippen LogP contribution in [0.25, 0.3) is 32.9 Å². The molecular formula is C19H15FN4O2. The van der Waals surface area contributed by atoms with Crippen molar-refractivity contribution in [2.75, 3.05) is 20.0 Å². The van der Waals surface area contributed by atoms with E-state index in [-0.39, 0.29) is 0 Å². The predicted octanol–water partition coefficient (Wildman–Crippen LogP) is 3.58. The normalized spacial score (nSPS) is 11.0. The number of halogens is 1. The summed E-state index contributed by atoms with van der Waals surface area (Å²) in [4.78, 5) is 12.5. The van der Waals surface area contributed by atoms with Crippen LogP contribution in [0.2, 0.25) is 0 Å². The molecule has 0 radical (unpaired) electrons. The molecule has 0 amide bonds. The first-order chi connectivity index (χ1) is 12.6. The van der Waals surface area contributed by atoms with Crippen LogP contribution < -0.4 is 15.2 Å². The molecule has 0 saturated heterocycles. The van der Waals surface area contributed by atoms with E-state index in [0.29, 0.717) is 28.6 Å². The molecule has 0 aliphatic heterocycles. The maximum Gasteiger partial charge on any atom is 0.212 e. The van der Waals surface area contributed by atoms with Crippen LogP contribution in [0.4, 0.5) is 10.2 Å². The summed E-state index contributed by atoms with van der Waals surface area (Å²) < 4.78 is 23.8. The zero-order chi connectivity index (χ0) is 18.3. The second-order valence-corrected chi connectivity index (χ2v) is 5.71. The van der Waals surface area contributed by atoms with Gasteiger partial charge in [0.2, 0.25) is 5.95 Å². The van der Waals surface area contributed by atoms with Gasteiger partial charge in [0, 0.05) is 34.8 Å². The van der Waals surface area contributed by atoms with E-state index in [2.05, 4.69) is 15.0 Å². The minimum atomic E-state index is -0.547. The van der Waals surface area contributed by atoms with E-state index in [0.717, 1.165) is 21.7 Å². The molecule has 3 heterocycles. The molecular weight excluding hydrogens is 335 g/mol. The van der Waals surface area contributed by atoms with Gasteiger partial charge in [-0.15, -0.1) is 0 Å². The van der Waals surface area contributed by atoms with E-state index in [1.807, 2.05) is 18.2 Å². The van der Waals surface area contributed by atoms with Crippen molar-refractivity contribution < 1.29 is 13.9 Å². The second kappa shape index (κ2) is 6.11. The number of nitrogens with two attached hydrogens (primary N) is 1. The highest BCUT2D eigenvalue weighted by Gasteiger charge is 2.13. The molecule has 130 valence electrons. The molecule has 26 heavy (non-hydrogen) atoms. The Hall–Kier alpha value is -3.48. The lowest BCUT2D eigenvalue weighted by Gasteiger charge is -2.12. The fourth-order valence-electron chi connectivity index (χ4n) is 2.93. The minimum Gasteiger partial charge on any atom is -0.493 e. The summed E-state index contributed by atoms with van der Waals surface area (Å²) in [6.45, 7) is 0. The fraction of sp³-hybridized carbons (Fsp3) is 0.105. The summed E-state index contributed by atoms with van der Waals surface area (Å²) in [7, 11) is 3.15. The third-order valence-corrected chi connectivity index (χ3v) is 4.24. The van der Waals surface area contributed by atoms with Crippen LogP contribution in [0.5, 0.6) is 11.5 Å². The number of anilines is 1. The number of aromatic nitrogens is 3. The van der Waals surface area contributed by atoms with E-state index in [1.165, 1.54) is 12.3 Å². The molecule has 2 N–H and O–H groups in total. The van der Waals surface area contributed by atoms with Gasteiger partial charge in [0.15, 0.2) is 11.5 Å². The third-order valence-electron chi connectivity index (χ3n) is 4.24. The Kier molecular flexibility index (Phi) is 3.76. The van der Waals surface area contributed by atoms with Gasteiger partial charge >= 0.3 is 0 Å². The zero-order valence-electron chi connectivity index (χ0n) is 14.2. The maximum atomic E-state index is 13.1.